The summed E-state index contributed by atoms with van der Waals surface area (Å²) >= 11 is 4.34. The summed E-state index contributed by atoms with van der Waals surface area (Å²) in [6, 6.07) is 0. The minimum atomic E-state index is 0.751. The van der Waals surface area contributed by atoms with Gasteiger partial charge >= 0.3 is 0 Å². The molecule has 0 aliphatic carbocycles. The van der Waals surface area contributed by atoms with Crippen LogP contribution in [0, 0.1) is 11.8 Å². The molecule has 0 N–H and O–H groups in total. The first-order chi connectivity index (χ1) is 6.76. The summed E-state index contributed by atoms with van der Waals surface area (Å²) in [5.41, 5.74) is 0. The highest BCUT2D eigenvalue weighted by Crippen LogP contribution is 2.22. The molecule has 1 saturated heterocycles. The quantitative estimate of drug-likeness (QED) is 0.690. The Bertz CT molecular complexity index is 141. The van der Waals surface area contributed by atoms with Crippen molar-refractivity contribution in [3.63, 3.8) is 0 Å². The van der Waals surface area contributed by atoms with E-state index in [1.165, 1.54) is 45.3 Å². The molecule has 0 radical (unpaired) electrons. The molecule has 1 unspecified atom stereocenters. The third kappa shape index (κ3) is 4.22. The van der Waals surface area contributed by atoms with Gasteiger partial charge in [0, 0.05) is 6.54 Å². The molecule has 14 heavy (non-hydrogen) atoms. The average Bonchev–Trinajstić information content (AvgIpc) is 2.21. The normalized spacial score (nSPS) is 22.5. The van der Waals surface area contributed by atoms with Gasteiger partial charge < -0.3 is 4.90 Å². The van der Waals surface area contributed by atoms with Gasteiger partial charge in [-0.05, 0) is 43.5 Å². The number of piperidine rings is 1. The van der Waals surface area contributed by atoms with Crippen molar-refractivity contribution in [1.82, 2.24) is 4.90 Å². The molecule has 0 bridgehead atoms. The summed E-state index contributed by atoms with van der Waals surface area (Å²) in [5.74, 6) is 2.79. The molecule has 1 atom stereocenters. The van der Waals surface area contributed by atoms with Crippen LogP contribution in [0.4, 0.5) is 0 Å². The first-order valence-electron chi connectivity index (χ1n) is 6.09. The maximum Gasteiger partial charge on any atom is 0.00148 e. The Hall–Kier alpha value is 0.310. The second-order valence-electron chi connectivity index (χ2n) is 4.82. The molecule has 0 aromatic heterocycles. The zero-order valence-electron chi connectivity index (χ0n) is 9.71. The zero-order valence-corrected chi connectivity index (χ0v) is 10.6. The lowest BCUT2D eigenvalue weighted by Crippen LogP contribution is -2.36. The second-order valence-corrected chi connectivity index (χ2v) is 5.19. The van der Waals surface area contributed by atoms with Crippen LogP contribution >= 0.6 is 12.6 Å². The van der Waals surface area contributed by atoms with Crippen molar-refractivity contribution in [2.75, 3.05) is 25.4 Å². The predicted molar refractivity (Wildman–Crippen MR) is 67.1 cm³/mol. The Kier molecular flexibility index (Phi) is 5.95. The van der Waals surface area contributed by atoms with Gasteiger partial charge in [-0.1, -0.05) is 26.7 Å². The molecular formula is C12H25NS. The lowest BCUT2D eigenvalue weighted by atomic mass is 9.92. The number of rotatable bonds is 5. The van der Waals surface area contributed by atoms with Crippen molar-refractivity contribution in [3.05, 3.63) is 0 Å². The molecule has 1 aliphatic rings. The summed E-state index contributed by atoms with van der Waals surface area (Å²) in [6.45, 7) is 8.49. The van der Waals surface area contributed by atoms with E-state index < -0.39 is 0 Å². The van der Waals surface area contributed by atoms with Crippen LogP contribution in [0.5, 0.6) is 0 Å². The summed E-state index contributed by atoms with van der Waals surface area (Å²) in [7, 11) is 0. The molecule has 2 heteroatoms. The Morgan fingerprint density at radius 3 is 2.50 bits per heavy atom. The van der Waals surface area contributed by atoms with E-state index in [9.17, 15) is 0 Å². The summed E-state index contributed by atoms with van der Waals surface area (Å²) in [6.07, 6.45) is 5.65. The lowest BCUT2D eigenvalue weighted by molar-refractivity contribution is 0.164. The standard InChI is InChI=1S/C12H25NS/c1-3-4-12-5-7-13(8-6-12)9-11(2)10-14/h11-12,14H,3-10H2,1-2H3. The zero-order chi connectivity index (χ0) is 10.4. The van der Waals surface area contributed by atoms with E-state index in [-0.39, 0.29) is 0 Å². The highest BCUT2D eigenvalue weighted by atomic mass is 32.1. The van der Waals surface area contributed by atoms with Crippen LogP contribution in [0.2, 0.25) is 0 Å². The van der Waals surface area contributed by atoms with E-state index in [2.05, 4.69) is 31.4 Å². The Morgan fingerprint density at radius 2 is 2.00 bits per heavy atom. The SMILES string of the molecule is CCCC1CCN(CC(C)CS)CC1. The molecule has 0 spiro atoms. The number of hydrogen-bond donors (Lipinski definition) is 1. The Morgan fingerprint density at radius 1 is 1.36 bits per heavy atom. The van der Waals surface area contributed by atoms with Gasteiger partial charge in [0.2, 0.25) is 0 Å². The molecule has 1 heterocycles. The van der Waals surface area contributed by atoms with E-state index in [1.807, 2.05) is 0 Å². The third-order valence-electron chi connectivity index (χ3n) is 3.29. The average molecular weight is 215 g/mol. The van der Waals surface area contributed by atoms with Crippen molar-refractivity contribution in [2.45, 2.75) is 39.5 Å². The fraction of sp³-hybridized carbons (Fsp3) is 1.00. The molecule has 1 fully saturated rings. The number of thiol groups is 1. The predicted octanol–water partition coefficient (Wildman–Crippen LogP) is 3.06. The lowest BCUT2D eigenvalue weighted by Gasteiger charge is -2.33. The highest BCUT2D eigenvalue weighted by Gasteiger charge is 2.19. The number of likely N-dealkylation sites (tertiary alicyclic amines) is 1. The molecule has 0 aromatic carbocycles. The molecule has 0 saturated carbocycles. The maximum atomic E-state index is 4.34. The molecular weight excluding hydrogens is 190 g/mol. The monoisotopic (exact) mass is 215 g/mol. The fourth-order valence-corrected chi connectivity index (χ4v) is 2.48. The molecule has 1 rings (SSSR count). The molecule has 84 valence electrons. The van der Waals surface area contributed by atoms with E-state index in [4.69, 9.17) is 0 Å². The molecule has 0 amide bonds. The third-order valence-corrected chi connectivity index (χ3v) is 3.91. The van der Waals surface area contributed by atoms with E-state index in [0.717, 1.165) is 17.6 Å². The largest absolute Gasteiger partial charge is 0.303 e. The van der Waals surface area contributed by atoms with Crippen molar-refractivity contribution >= 4 is 12.6 Å². The van der Waals surface area contributed by atoms with Crippen molar-refractivity contribution in [3.8, 4) is 0 Å². The second kappa shape index (κ2) is 6.73. The van der Waals surface area contributed by atoms with E-state index >= 15 is 0 Å². The van der Waals surface area contributed by atoms with Gasteiger partial charge in [0.05, 0.1) is 0 Å². The molecule has 1 aliphatic heterocycles. The summed E-state index contributed by atoms with van der Waals surface area (Å²) in [4.78, 5) is 2.62. The van der Waals surface area contributed by atoms with Crippen LogP contribution in [-0.2, 0) is 0 Å². The van der Waals surface area contributed by atoms with Gasteiger partial charge in [-0.2, -0.15) is 12.6 Å². The minimum Gasteiger partial charge on any atom is -0.303 e. The Balaban J connectivity index is 2.15. The fourth-order valence-electron chi connectivity index (χ4n) is 2.36. The van der Waals surface area contributed by atoms with E-state index in [1.54, 1.807) is 0 Å². The van der Waals surface area contributed by atoms with Crippen molar-refractivity contribution < 1.29 is 0 Å². The first-order valence-corrected chi connectivity index (χ1v) is 6.72. The van der Waals surface area contributed by atoms with Crippen molar-refractivity contribution in [1.29, 1.82) is 0 Å². The maximum absolute atomic E-state index is 4.34. The van der Waals surface area contributed by atoms with Gasteiger partial charge in [0.25, 0.3) is 0 Å². The van der Waals surface area contributed by atoms with Crippen LogP contribution in [-0.4, -0.2) is 30.3 Å². The van der Waals surface area contributed by atoms with Gasteiger partial charge in [-0.3, -0.25) is 0 Å². The van der Waals surface area contributed by atoms with Crippen LogP contribution in [0.25, 0.3) is 0 Å². The first kappa shape index (κ1) is 12.4. The van der Waals surface area contributed by atoms with Crippen LogP contribution in [0.3, 0.4) is 0 Å². The molecule has 0 aromatic rings. The van der Waals surface area contributed by atoms with Gasteiger partial charge in [0.15, 0.2) is 0 Å². The van der Waals surface area contributed by atoms with Gasteiger partial charge in [-0.15, -0.1) is 0 Å². The molecule has 1 nitrogen and oxygen atoms in total. The highest BCUT2D eigenvalue weighted by molar-refractivity contribution is 7.80. The topological polar surface area (TPSA) is 3.24 Å². The number of hydrogen-bond acceptors (Lipinski definition) is 2. The Labute approximate surface area is 94.7 Å². The van der Waals surface area contributed by atoms with E-state index in [0.29, 0.717) is 0 Å². The van der Waals surface area contributed by atoms with Gasteiger partial charge in [-0.25, -0.2) is 0 Å². The van der Waals surface area contributed by atoms with Crippen LogP contribution in [0.15, 0.2) is 0 Å². The summed E-state index contributed by atoms with van der Waals surface area (Å²) in [5, 5.41) is 0. The smallest absolute Gasteiger partial charge is 0.00148 e. The van der Waals surface area contributed by atoms with Crippen molar-refractivity contribution in [2.24, 2.45) is 11.8 Å². The summed E-state index contributed by atoms with van der Waals surface area (Å²) < 4.78 is 0. The number of nitrogens with zero attached hydrogens (tertiary/aromatic N) is 1. The van der Waals surface area contributed by atoms with Crippen LogP contribution in [0.1, 0.15) is 39.5 Å². The van der Waals surface area contributed by atoms with Crippen LogP contribution < -0.4 is 0 Å². The van der Waals surface area contributed by atoms with Gasteiger partial charge in [0.1, 0.15) is 0 Å². The minimum absolute atomic E-state index is 0.751.